The van der Waals surface area contributed by atoms with E-state index in [-0.39, 0.29) is 47.7 Å². The Labute approximate surface area is 366 Å². The third kappa shape index (κ3) is 10.8. The molecule has 11 nitrogen and oxygen atoms in total. The maximum absolute atomic E-state index is 14.1. The van der Waals surface area contributed by atoms with Gasteiger partial charge in [0.1, 0.15) is 24.8 Å². The Morgan fingerprint density at radius 1 is 0.803 bits per heavy atom. The van der Waals surface area contributed by atoms with Gasteiger partial charge >= 0.3 is 12.4 Å². The van der Waals surface area contributed by atoms with Gasteiger partial charge in [-0.25, -0.2) is 14.3 Å². The second-order valence-corrected chi connectivity index (χ2v) is 14.4. The molecule has 0 bridgehead atoms. The number of nitrogens with zero attached hydrogens (tertiary/aromatic N) is 9. The highest BCUT2D eigenvalue weighted by Crippen LogP contribution is 2.50. The molecule has 4 aromatic carbocycles. The van der Waals surface area contributed by atoms with Gasteiger partial charge in [0.15, 0.2) is 5.17 Å². The van der Waals surface area contributed by atoms with Gasteiger partial charge < -0.3 is 10.0 Å². The molecule has 1 aliphatic rings. The summed E-state index contributed by atoms with van der Waals surface area (Å²) >= 11 is 28.6. The summed E-state index contributed by atoms with van der Waals surface area (Å²) in [4.78, 5) is 8.80. The van der Waals surface area contributed by atoms with Crippen molar-refractivity contribution in [3.63, 3.8) is 0 Å². The molecule has 0 saturated heterocycles. The lowest BCUT2D eigenvalue weighted by atomic mass is 9.86. The Morgan fingerprint density at radius 3 is 1.92 bits per heavy atom. The van der Waals surface area contributed by atoms with Gasteiger partial charge in [-0.2, -0.15) is 47.1 Å². The molecule has 312 valence electrons. The van der Waals surface area contributed by atoms with Crippen molar-refractivity contribution in [3.05, 3.63) is 164 Å². The molecule has 6 aromatic rings. The second-order valence-electron chi connectivity index (χ2n) is 12.3. The van der Waals surface area contributed by atoms with Crippen molar-refractivity contribution >= 4 is 74.5 Å². The molecule has 1 atom stereocenters. The molecule has 0 radical (unpaired) electrons. The third-order valence-electron chi connectivity index (χ3n) is 8.38. The first-order valence-electron chi connectivity index (χ1n) is 16.6. The number of hydrogen-bond acceptors (Lipinski definition) is 9. The number of alkyl halides is 6. The molecule has 3 heterocycles. The van der Waals surface area contributed by atoms with Gasteiger partial charge in [0.05, 0.1) is 33.8 Å². The molecule has 1 N–H and O–H groups in total. The van der Waals surface area contributed by atoms with Crippen LogP contribution in [-0.2, 0) is 10.4 Å². The van der Waals surface area contributed by atoms with Crippen molar-refractivity contribution in [2.24, 2.45) is 10.3 Å². The van der Waals surface area contributed by atoms with Gasteiger partial charge in [-0.05, 0) is 78.4 Å². The number of hydrogen-bond donors (Lipinski definition) is 1. The quantitative estimate of drug-likeness (QED) is 0.0756. The molecule has 0 aliphatic carbocycles. The van der Waals surface area contributed by atoms with E-state index in [0.717, 1.165) is 12.1 Å². The minimum absolute atomic E-state index is 0.0325. The lowest BCUT2D eigenvalue weighted by molar-refractivity contribution is -0.275. The highest BCUT2D eigenvalue weighted by Gasteiger charge is 2.62. The van der Waals surface area contributed by atoms with E-state index in [0.29, 0.717) is 28.1 Å². The SMILES string of the molecule is C=C(c1cc(Cl)cc(Cl)c1)C(F)(F)F.N#Cc1cc(C(Cl)=NO)ccc1-n1cccn1.N#Cc1cc(C2=NOC(c3cc(Cl)cc(Cl)c3)(C(F)(F)F)C2)ccc1-n1cncn1. The van der Waals surface area contributed by atoms with Crippen LogP contribution in [0.15, 0.2) is 121 Å². The number of nitriles is 2. The molecule has 0 fully saturated rings. The van der Waals surface area contributed by atoms with Crippen molar-refractivity contribution in [1.29, 1.82) is 10.5 Å². The molecule has 22 heteroatoms. The largest absolute Gasteiger partial charge is 0.435 e. The normalized spacial score (nSPS) is 14.9. The molecule has 0 saturated carbocycles. The highest BCUT2D eigenvalue weighted by atomic mass is 35.5. The molecule has 61 heavy (non-hydrogen) atoms. The van der Waals surface area contributed by atoms with E-state index in [9.17, 15) is 31.6 Å². The maximum Gasteiger partial charge on any atom is 0.435 e. The zero-order valence-electron chi connectivity index (χ0n) is 30.3. The summed E-state index contributed by atoms with van der Waals surface area (Å²) in [7, 11) is 0. The van der Waals surface area contributed by atoms with E-state index >= 15 is 0 Å². The fourth-order valence-electron chi connectivity index (χ4n) is 5.50. The van der Waals surface area contributed by atoms with Crippen molar-refractivity contribution in [3.8, 4) is 23.5 Å². The first-order valence-corrected chi connectivity index (χ1v) is 18.5. The Kier molecular flexibility index (Phi) is 14.4. The summed E-state index contributed by atoms with van der Waals surface area (Å²) in [5, 5.41) is 42.0. The summed E-state index contributed by atoms with van der Waals surface area (Å²) < 4.78 is 81.9. The van der Waals surface area contributed by atoms with Gasteiger partial charge in [-0.15, -0.1) is 0 Å². The van der Waals surface area contributed by atoms with Gasteiger partial charge in [0, 0.05) is 55.6 Å². The Bertz CT molecular complexity index is 2670. The summed E-state index contributed by atoms with van der Waals surface area (Å²) in [6.45, 7) is 2.94. The average molecular weight is 940 g/mol. The lowest BCUT2D eigenvalue weighted by Crippen LogP contribution is -2.42. The maximum atomic E-state index is 14.1. The molecular formula is C39H22Cl5F6N9O2. The summed E-state index contributed by atoms with van der Waals surface area (Å²) in [6, 6.07) is 22.5. The zero-order chi connectivity index (χ0) is 44.7. The van der Waals surface area contributed by atoms with Crippen LogP contribution in [0.3, 0.4) is 0 Å². The predicted molar refractivity (Wildman–Crippen MR) is 217 cm³/mol. The van der Waals surface area contributed by atoms with Crippen molar-refractivity contribution in [2.45, 2.75) is 24.4 Å². The second kappa shape index (κ2) is 19.1. The van der Waals surface area contributed by atoms with Crippen molar-refractivity contribution < 1.29 is 36.4 Å². The number of aromatic nitrogens is 5. The molecule has 7 rings (SSSR count). The van der Waals surface area contributed by atoms with Crippen molar-refractivity contribution in [2.75, 3.05) is 0 Å². The standard InChI is InChI=1S/C19H10Cl2F3N5O.C11H7ClN4O.C9H5Cl2F3/c20-14-4-13(5-15(21)6-14)18(19(22,23)24)7-16(28-30-18)11-1-2-17(12(3-11)8-25)29-10-26-9-27-29;12-11(15-17)8-2-3-10(9(6-8)7-13)16-5-1-4-14-16;1-5(9(12,13)14)6-2-7(10)4-8(11)3-6/h1-6,9-10H,7H2;1-6,17H;2-4H,1H2. The van der Waals surface area contributed by atoms with Gasteiger partial charge in [0.25, 0.3) is 5.60 Å². The zero-order valence-corrected chi connectivity index (χ0v) is 34.0. The van der Waals surface area contributed by atoms with Crippen LogP contribution in [0.4, 0.5) is 26.3 Å². The van der Waals surface area contributed by atoms with Gasteiger partial charge in [-0.3, -0.25) is 0 Å². The number of allylic oxidation sites excluding steroid dienone is 1. The fraction of sp³-hybridized carbons (Fsp3) is 0.103. The first-order chi connectivity index (χ1) is 28.8. The topological polar surface area (TPSA) is 150 Å². The summed E-state index contributed by atoms with van der Waals surface area (Å²) in [5.74, 6) is 0. The number of benzene rings is 4. The van der Waals surface area contributed by atoms with Crippen LogP contribution < -0.4 is 0 Å². The van der Waals surface area contributed by atoms with Crippen LogP contribution in [0.5, 0.6) is 0 Å². The monoisotopic (exact) mass is 937 g/mol. The Hall–Kier alpha value is -6.08. The van der Waals surface area contributed by atoms with E-state index in [2.05, 4.69) is 32.1 Å². The smallest absolute Gasteiger partial charge is 0.410 e. The fourth-order valence-corrected chi connectivity index (χ4v) is 6.67. The Morgan fingerprint density at radius 2 is 1.39 bits per heavy atom. The molecule has 2 aromatic heterocycles. The number of rotatable bonds is 6. The lowest BCUT2D eigenvalue weighted by Gasteiger charge is -2.29. The minimum atomic E-state index is -4.80. The van der Waals surface area contributed by atoms with E-state index in [1.54, 1.807) is 47.4 Å². The third-order valence-corrected chi connectivity index (χ3v) is 9.54. The van der Waals surface area contributed by atoms with Gasteiger partial charge in [-0.1, -0.05) is 81.0 Å². The van der Waals surface area contributed by atoms with Gasteiger partial charge in [0.2, 0.25) is 0 Å². The summed E-state index contributed by atoms with van der Waals surface area (Å²) in [5.41, 5.74) is -1.59. The number of halogens is 11. The molecule has 0 spiro atoms. The van der Waals surface area contributed by atoms with E-state index in [1.807, 2.05) is 12.1 Å². The highest BCUT2D eigenvalue weighted by molar-refractivity contribution is 6.69. The van der Waals surface area contributed by atoms with Crippen LogP contribution in [0.2, 0.25) is 20.1 Å². The van der Waals surface area contributed by atoms with Crippen molar-refractivity contribution in [1.82, 2.24) is 24.5 Å². The average Bonchev–Trinajstić information content (AvgIpc) is 4.03. The van der Waals surface area contributed by atoms with Crippen LogP contribution in [-0.4, -0.2) is 53.0 Å². The molecule has 0 amide bonds. The number of oxime groups is 2. The molecular weight excluding hydrogens is 918 g/mol. The van der Waals surface area contributed by atoms with Crippen LogP contribution >= 0.6 is 58.0 Å². The van der Waals surface area contributed by atoms with E-state index < -0.39 is 29.9 Å². The van der Waals surface area contributed by atoms with Crippen LogP contribution in [0.1, 0.15) is 39.8 Å². The predicted octanol–water partition coefficient (Wildman–Crippen LogP) is 11.7. The minimum Gasteiger partial charge on any atom is -0.410 e. The van der Waals surface area contributed by atoms with Crippen LogP contribution in [0.25, 0.3) is 16.9 Å². The molecule has 1 unspecified atom stereocenters. The molecule has 1 aliphatic heterocycles. The Balaban J connectivity index is 0.000000192. The first kappa shape index (κ1) is 46.0. The van der Waals surface area contributed by atoms with E-state index in [1.165, 1.54) is 53.7 Å². The summed E-state index contributed by atoms with van der Waals surface area (Å²) in [6.07, 6.45) is -3.81. The van der Waals surface area contributed by atoms with E-state index in [4.69, 9.17) is 73.3 Å². The van der Waals surface area contributed by atoms with Crippen LogP contribution in [0, 0.1) is 22.7 Å².